The Labute approximate surface area is 120 Å². The van der Waals surface area contributed by atoms with Crippen molar-refractivity contribution in [2.24, 2.45) is 17.3 Å². The molecule has 2 N–H and O–H groups in total. The summed E-state index contributed by atoms with van der Waals surface area (Å²) in [6, 6.07) is 6.25. The molecule has 1 aromatic rings. The second-order valence-corrected chi connectivity index (χ2v) is 6.39. The fourth-order valence-corrected chi connectivity index (χ4v) is 3.26. The van der Waals surface area contributed by atoms with E-state index in [9.17, 15) is 9.90 Å². The predicted molar refractivity (Wildman–Crippen MR) is 78.2 cm³/mol. The van der Waals surface area contributed by atoms with E-state index in [-0.39, 0.29) is 11.3 Å². The van der Waals surface area contributed by atoms with Gasteiger partial charge in [-0.05, 0) is 36.3 Å². The number of aromatic nitrogens is 1. The highest BCUT2D eigenvalue weighted by Crippen LogP contribution is 2.45. The number of rotatable bonds is 4. The third-order valence-corrected chi connectivity index (χ3v) is 5.01. The zero-order valence-corrected chi connectivity index (χ0v) is 12.5. The number of nitrogens with zero attached hydrogens (tertiary/aromatic N) is 1. The van der Waals surface area contributed by atoms with Crippen LogP contribution in [0.3, 0.4) is 0 Å². The van der Waals surface area contributed by atoms with Crippen LogP contribution in [-0.2, 0) is 11.3 Å². The molecule has 2 rings (SSSR count). The number of carboxylic acids is 1. The molecule has 0 spiro atoms. The number of carbonyl (C=O) groups is 1. The molecule has 1 aromatic heterocycles. The van der Waals surface area contributed by atoms with Crippen molar-refractivity contribution in [1.82, 2.24) is 10.3 Å². The van der Waals surface area contributed by atoms with Gasteiger partial charge < -0.3 is 10.4 Å². The Balaban J connectivity index is 1.99. The first kappa shape index (κ1) is 15.0. The third kappa shape index (κ3) is 3.01. The van der Waals surface area contributed by atoms with Gasteiger partial charge in [-0.2, -0.15) is 0 Å². The Bertz CT molecular complexity index is 459. The maximum Gasteiger partial charge on any atom is 0.307 e. The van der Waals surface area contributed by atoms with Crippen molar-refractivity contribution in [3.05, 3.63) is 30.1 Å². The van der Waals surface area contributed by atoms with Crippen molar-refractivity contribution in [3.8, 4) is 0 Å². The number of pyridine rings is 1. The fourth-order valence-electron chi connectivity index (χ4n) is 3.26. The summed E-state index contributed by atoms with van der Waals surface area (Å²) in [6.45, 7) is 7.05. The van der Waals surface area contributed by atoms with Crippen LogP contribution in [-0.4, -0.2) is 22.1 Å². The molecule has 3 atom stereocenters. The van der Waals surface area contributed by atoms with Crippen LogP contribution in [0, 0.1) is 17.3 Å². The SMILES string of the molecule is CC1C(NCc2ccccn2)CCC(C(=O)O)C1(C)C. The number of nitrogens with one attached hydrogen (secondary N) is 1. The molecule has 3 unspecified atom stereocenters. The lowest BCUT2D eigenvalue weighted by molar-refractivity contribution is -0.150. The molecular formula is C16H24N2O2. The summed E-state index contributed by atoms with van der Waals surface area (Å²) in [4.78, 5) is 15.7. The molecule has 0 radical (unpaired) electrons. The Hall–Kier alpha value is -1.42. The Morgan fingerprint density at radius 1 is 1.45 bits per heavy atom. The van der Waals surface area contributed by atoms with E-state index in [2.05, 4.69) is 31.1 Å². The second kappa shape index (κ2) is 5.92. The zero-order valence-electron chi connectivity index (χ0n) is 12.5. The van der Waals surface area contributed by atoms with Gasteiger partial charge in [-0.3, -0.25) is 9.78 Å². The van der Waals surface area contributed by atoms with Gasteiger partial charge in [0.2, 0.25) is 0 Å². The van der Waals surface area contributed by atoms with E-state index in [1.165, 1.54) is 0 Å². The molecule has 0 aromatic carbocycles. The van der Waals surface area contributed by atoms with Gasteiger partial charge in [-0.15, -0.1) is 0 Å². The molecule has 4 nitrogen and oxygen atoms in total. The van der Waals surface area contributed by atoms with E-state index in [4.69, 9.17) is 0 Å². The van der Waals surface area contributed by atoms with Crippen LogP contribution in [0.4, 0.5) is 0 Å². The summed E-state index contributed by atoms with van der Waals surface area (Å²) < 4.78 is 0. The molecule has 1 fully saturated rings. The van der Waals surface area contributed by atoms with E-state index in [1.54, 1.807) is 6.20 Å². The minimum Gasteiger partial charge on any atom is -0.481 e. The minimum absolute atomic E-state index is 0.189. The lowest BCUT2D eigenvalue weighted by Crippen LogP contribution is -2.50. The largest absolute Gasteiger partial charge is 0.481 e. The Kier molecular flexibility index (Phi) is 4.43. The summed E-state index contributed by atoms with van der Waals surface area (Å²) in [5.74, 6) is -0.587. The summed E-state index contributed by atoms with van der Waals surface area (Å²) in [5.41, 5.74) is 0.837. The molecule has 4 heteroatoms. The van der Waals surface area contributed by atoms with Crippen LogP contribution in [0.15, 0.2) is 24.4 Å². The fraction of sp³-hybridized carbons (Fsp3) is 0.625. The summed E-state index contributed by atoms with van der Waals surface area (Å²) in [6.07, 6.45) is 3.45. The second-order valence-electron chi connectivity index (χ2n) is 6.39. The van der Waals surface area contributed by atoms with Crippen molar-refractivity contribution >= 4 is 5.97 Å². The molecule has 0 saturated heterocycles. The van der Waals surface area contributed by atoms with E-state index >= 15 is 0 Å². The highest BCUT2D eigenvalue weighted by Gasteiger charge is 2.45. The highest BCUT2D eigenvalue weighted by molar-refractivity contribution is 5.71. The van der Waals surface area contributed by atoms with Crippen molar-refractivity contribution in [2.75, 3.05) is 0 Å². The van der Waals surface area contributed by atoms with Crippen LogP contribution < -0.4 is 5.32 Å². The van der Waals surface area contributed by atoms with Gasteiger partial charge in [-0.25, -0.2) is 0 Å². The standard InChI is InChI=1S/C16H24N2O2/c1-11-14(18-10-12-6-4-5-9-17-12)8-7-13(15(19)20)16(11,2)3/h4-6,9,11,13-14,18H,7-8,10H2,1-3H3,(H,19,20). The van der Waals surface area contributed by atoms with Gasteiger partial charge in [-0.1, -0.05) is 26.8 Å². The molecule has 1 heterocycles. The molecule has 0 bridgehead atoms. The quantitative estimate of drug-likeness (QED) is 0.887. The zero-order chi connectivity index (χ0) is 14.8. The van der Waals surface area contributed by atoms with E-state index < -0.39 is 5.97 Å². The van der Waals surface area contributed by atoms with Crippen LogP contribution in [0.2, 0.25) is 0 Å². The van der Waals surface area contributed by atoms with Crippen molar-refractivity contribution in [1.29, 1.82) is 0 Å². The average molecular weight is 276 g/mol. The highest BCUT2D eigenvalue weighted by atomic mass is 16.4. The summed E-state index contributed by atoms with van der Waals surface area (Å²) in [7, 11) is 0. The molecule has 1 saturated carbocycles. The molecule has 0 aliphatic heterocycles. The van der Waals surface area contributed by atoms with E-state index in [0.717, 1.165) is 25.1 Å². The molecular weight excluding hydrogens is 252 g/mol. The Morgan fingerprint density at radius 2 is 2.20 bits per heavy atom. The number of hydrogen-bond acceptors (Lipinski definition) is 3. The Morgan fingerprint density at radius 3 is 2.80 bits per heavy atom. The monoisotopic (exact) mass is 276 g/mol. The van der Waals surface area contributed by atoms with Gasteiger partial charge in [0.15, 0.2) is 0 Å². The van der Waals surface area contributed by atoms with Gasteiger partial charge in [0, 0.05) is 18.8 Å². The normalized spacial score (nSPS) is 29.1. The topological polar surface area (TPSA) is 62.2 Å². The first-order chi connectivity index (χ1) is 9.43. The maximum absolute atomic E-state index is 11.4. The van der Waals surface area contributed by atoms with Crippen LogP contribution in [0.25, 0.3) is 0 Å². The summed E-state index contributed by atoms with van der Waals surface area (Å²) in [5, 5.41) is 12.9. The minimum atomic E-state index is -0.662. The van der Waals surface area contributed by atoms with Gasteiger partial charge >= 0.3 is 5.97 Å². The lowest BCUT2D eigenvalue weighted by Gasteiger charge is -2.46. The average Bonchev–Trinajstić information content (AvgIpc) is 2.41. The summed E-state index contributed by atoms with van der Waals surface area (Å²) >= 11 is 0. The third-order valence-electron chi connectivity index (χ3n) is 5.01. The van der Waals surface area contributed by atoms with Gasteiger partial charge in [0.1, 0.15) is 0 Å². The predicted octanol–water partition coefficient (Wildman–Crippen LogP) is 2.70. The first-order valence-corrected chi connectivity index (χ1v) is 7.29. The maximum atomic E-state index is 11.4. The molecule has 1 aliphatic carbocycles. The lowest BCUT2D eigenvalue weighted by atomic mass is 9.61. The smallest absolute Gasteiger partial charge is 0.307 e. The van der Waals surface area contributed by atoms with E-state index in [0.29, 0.717) is 12.0 Å². The van der Waals surface area contributed by atoms with Crippen LogP contribution >= 0.6 is 0 Å². The van der Waals surface area contributed by atoms with Gasteiger partial charge in [0.25, 0.3) is 0 Å². The number of hydrogen-bond donors (Lipinski definition) is 2. The molecule has 20 heavy (non-hydrogen) atoms. The van der Waals surface area contributed by atoms with Crippen LogP contribution in [0.5, 0.6) is 0 Å². The van der Waals surface area contributed by atoms with Gasteiger partial charge in [0.05, 0.1) is 11.6 Å². The number of carboxylic acid groups (broad SMARTS) is 1. The molecule has 0 amide bonds. The van der Waals surface area contributed by atoms with Crippen molar-refractivity contribution in [2.45, 2.75) is 46.2 Å². The number of aliphatic carboxylic acids is 1. The molecule has 110 valence electrons. The van der Waals surface area contributed by atoms with E-state index in [1.807, 2.05) is 18.2 Å². The van der Waals surface area contributed by atoms with Crippen molar-refractivity contribution in [3.63, 3.8) is 0 Å². The van der Waals surface area contributed by atoms with Crippen LogP contribution in [0.1, 0.15) is 39.3 Å². The van der Waals surface area contributed by atoms with Crippen molar-refractivity contribution < 1.29 is 9.90 Å². The molecule has 1 aliphatic rings. The first-order valence-electron chi connectivity index (χ1n) is 7.29.